The minimum Gasteiger partial charge on any atom is -0.350 e. The third-order valence-electron chi connectivity index (χ3n) is 4.28. The van der Waals surface area contributed by atoms with Crippen LogP contribution in [0.4, 0.5) is 0 Å². The predicted octanol–water partition coefficient (Wildman–Crippen LogP) is 1.21. The van der Waals surface area contributed by atoms with E-state index in [2.05, 4.69) is 28.2 Å². The van der Waals surface area contributed by atoms with Crippen LogP contribution in [0.1, 0.15) is 26.5 Å². The Balaban J connectivity index is 1.42. The summed E-state index contributed by atoms with van der Waals surface area (Å²) in [5.41, 5.74) is 1.40. The molecule has 0 radical (unpaired) electrons. The van der Waals surface area contributed by atoms with Crippen LogP contribution < -0.4 is 5.32 Å². The van der Waals surface area contributed by atoms with E-state index in [1.165, 1.54) is 16.9 Å². The van der Waals surface area contributed by atoms with E-state index in [-0.39, 0.29) is 5.91 Å². The number of aryl methyl sites for hydroxylation is 2. The molecule has 2 heterocycles. The van der Waals surface area contributed by atoms with E-state index in [1.54, 1.807) is 11.3 Å². The average molecular weight is 293 g/mol. The van der Waals surface area contributed by atoms with Gasteiger partial charge in [-0.15, -0.1) is 11.3 Å². The van der Waals surface area contributed by atoms with E-state index >= 15 is 0 Å². The molecule has 0 unspecified atom stereocenters. The van der Waals surface area contributed by atoms with Crippen LogP contribution in [0, 0.1) is 0 Å². The molecule has 0 bridgehead atoms. The maximum Gasteiger partial charge on any atom is 0.261 e. The first kappa shape index (κ1) is 14.0. The Hall–Kier alpha value is -0.910. The standard InChI is InChI=1S/C15H23N3OS/c1-17-7-9-18(10-8-17)6-5-16-15(19)14-11-12-3-2-4-13(12)20-14/h11H,2-10H2,1H3,(H,16,19). The summed E-state index contributed by atoms with van der Waals surface area (Å²) in [6.45, 7) is 6.20. The van der Waals surface area contributed by atoms with E-state index in [0.29, 0.717) is 0 Å². The molecule has 0 saturated carbocycles. The van der Waals surface area contributed by atoms with Crippen LogP contribution in [0.5, 0.6) is 0 Å². The van der Waals surface area contributed by atoms with E-state index in [0.717, 1.165) is 57.0 Å². The summed E-state index contributed by atoms with van der Waals surface area (Å²) in [5, 5.41) is 3.06. The molecule has 20 heavy (non-hydrogen) atoms. The zero-order valence-corrected chi connectivity index (χ0v) is 13.0. The molecule has 1 aromatic rings. The van der Waals surface area contributed by atoms with Crippen LogP contribution in [-0.4, -0.2) is 62.0 Å². The highest BCUT2D eigenvalue weighted by molar-refractivity contribution is 7.14. The Kier molecular flexibility index (Phi) is 4.38. The minimum atomic E-state index is 0.110. The van der Waals surface area contributed by atoms with Gasteiger partial charge in [0.2, 0.25) is 0 Å². The number of carbonyl (C=O) groups is 1. The summed E-state index contributed by atoms with van der Waals surface area (Å²) < 4.78 is 0. The van der Waals surface area contributed by atoms with Crippen molar-refractivity contribution in [1.82, 2.24) is 15.1 Å². The number of thiophene rings is 1. The molecule has 4 nitrogen and oxygen atoms in total. The summed E-state index contributed by atoms with van der Waals surface area (Å²) in [5.74, 6) is 0.110. The zero-order valence-electron chi connectivity index (χ0n) is 12.2. The van der Waals surface area contributed by atoms with Crippen molar-refractivity contribution < 1.29 is 4.79 Å². The van der Waals surface area contributed by atoms with Gasteiger partial charge in [-0.1, -0.05) is 0 Å². The monoisotopic (exact) mass is 293 g/mol. The molecule has 1 amide bonds. The lowest BCUT2D eigenvalue weighted by Gasteiger charge is -2.32. The van der Waals surface area contributed by atoms with E-state index in [9.17, 15) is 4.79 Å². The quantitative estimate of drug-likeness (QED) is 0.906. The molecule has 0 spiro atoms. The van der Waals surface area contributed by atoms with Crippen molar-refractivity contribution in [3.8, 4) is 0 Å². The number of piperazine rings is 1. The van der Waals surface area contributed by atoms with E-state index in [4.69, 9.17) is 0 Å². The molecule has 2 aliphatic rings. The first-order valence-electron chi connectivity index (χ1n) is 7.53. The number of fused-ring (bicyclic) bond motifs is 1. The summed E-state index contributed by atoms with van der Waals surface area (Å²) in [4.78, 5) is 19.2. The molecule has 3 rings (SSSR count). The number of nitrogens with one attached hydrogen (secondary N) is 1. The molecule has 1 fully saturated rings. The van der Waals surface area contributed by atoms with E-state index in [1.807, 2.05) is 0 Å². The van der Waals surface area contributed by atoms with Gasteiger partial charge in [0, 0.05) is 44.1 Å². The molecule has 110 valence electrons. The molecule has 1 saturated heterocycles. The number of carbonyl (C=O) groups excluding carboxylic acids is 1. The third-order valence-corrected chi connectivity index (χ3v) is 5.52. The Morgan fingerprint density at radius 2 is 2.10 bits per heavy atom. The maximum absolute atomic E-state index is 12.1. The van der Waals surface area contributed by atoms with Crippen LogP contribution in [-0.2, 0) is 12.8 Å². The zero-order chi connectivity index (χ0) is 13.9. The van der Waals surface area contributed by atoms with Gasteiger partial charge in [-0.05, 0) is 37.9 Å². The number of nitrogens with zero attached hydrogens (tertiary/aromatic N) is 2. The van der Waals surface area contributed by atoms with Crippen molar-refractivity contribution in [2.24, 2.45) is 0 Å². The molecule has 1 N–H and O–H groups in total. The Bertz CT molecular complexity index is 456. The van der Waals surface area contributed by atoms with Crippen molar-refractivity contribution in [2.75, 3.05) is 46.3 Å². The first-order valence-corrected chi connectivity index (χ1v) is 8.35. The van der Waals surface area contributed by atoms with Gasteiger partial charge in [-0.25, -0.2) is 0 Å². The Morgan fingerprint density at radius 3 is 2.85 bits per heavy atom. The summed E-state index contributed by atoms with van der Waals surface area (Å²) in [6, 6.07) is 2.10. The van der Waals surface area contributed by atoms with Crippen LogP contribution in [0.3, 0.4) is 0 Å². The van der Waals surface area contributed by atoms with Gasteiger partial charge < -0.3 is 10.2 Å². The predicted molar refractivity (Wildman–Crippen MR) is 82.6 cm³/mol. The fourth-order valence-corrected chi connectivity index (χ4v) is 4.10. The average Bonchev–Trinajstić information content (AvgIpc) is 3.02. The lowest BCUT2D eigenvalue weighted by molar-refractivity contribution is 0.0945. The molecule has 1 aliphatic heterocycles. The SMILES string of the molecule is CN1CCN(CCNC(=O)c2cc3c(s2)CCC3)CC1. The molecule has 5 heteroatoms. The lowest BCUT2D eigenvalue weighted by Crippen LogP contribution is -2.46. The van der Waals surface area contributed by atoms with Crippen LogP contribution in [0.15, 0.2) is 6.07 Å². The minimum absolute atomic E-state index is 0.110. The number of rotatable bonds is 4. The number of hydrogen-bond donors (Lipinski definition) is 1. The van der Waals surface area contributed by atoms with Crippen molar-refractivity contribution in [2.45, 2.75) is 19.3 Å². The van der Waals surface area contributed by atoms with Crippen LogP contribution >= 0.6 is 11.3 Å². The van der Waals surface area contributed by atoms with Gasteiger partial charge in [0.25, 0.3) is 5.91 Å². The molecule has 1 aliphatic carbocycles. The van der Waals surface area contributed by atoms with Crippen LogP contribution in [0.25, 0.3) is 0 Å². The molecular formula is C15H23N3OS. The molecule has 1 aromatic heterocycles. The van der Waals surface area contributed by atoms with Gasteiger partial charge in [-0.3, -0.25) is 9.69 Å². The number of likely N-dealkylation sites (N-methyl/N-ethyl adjacent to an activating group) is 1. The fraction of sp³-hybridized carbons (Fsp3) is 0.667. The molecule has 0 atom stereocenters. The fourth-order valence-electron chi connectivity index (χ4n) is 2.93. The summed E-state index contributed by atoms with van der Waals surface area (Å²) in [7, 11) is 2.16. The van der Waals surface area contributed by atoms with Gasteiger partial charge in [0.1, 0.15) is 0 Å². The van der Waals surface area contributed by atoms with Crippen LogP contribution in [0.2, 0.25) is 0 Å². The molecular weight excluding hydrogens is 270 g/mol. The summed E-state index contributed by atoms with van der Waals surface area (Å²) >= 11 is 1.68. The van der Waals surface area contributed by atoms with Crippen molar-refractivity contribution >= 4 is 17.2 Å². The van der Waals surface area contributed by atoms with Gasteiger partial charge in [0.05, 0.1) is 4.88 Å². The number of amides is 1. The second-order valence-corrected chi connectivity index (χ2v) is 6.95. The second kappa shape index (κ2) is 6.24. The largest absolute Gasteiger partial charge is 0.350 e. The van der Waals surface area contributed by atoms with Crippen molar-refractivity contribution in [3.63, 3.8) is 0 Å². The van der Waals surface area contributed by atoms with Crippen molar-refractivity contribution in [3.05, 3.63) is 21.4 Å². The highest BCUT2D eigenvalue weighted by Gasteiger charge is 2.18. The van der Waals surface area contributed by atoms with Gasteiger partial charge >= 0.3 is 0 Å². The van der Waals surface area contributed by atoms with Gasteiger partial charge in [0.15, 0.2) is 0 Å². The first-order chi connectivity index (χ1) is 9.72. The maximum atomic E-state index is 12.1. The van der Waals surface area contributed by atoms with E-state index < -0.39 is 0 Å². The Labute approximate surface area is 124 Å². The van der Waals surface area contributed by atoms with Gasteiger partial charge in [-0.2, -0.15) is 0 Å². The van der Waals surface area contributed by atoms with Crippen molar-refractivity contribution in [1.29, 1.82) is 0 Å². The number of hydrogen-bond acceptors (Lipinski definition) is 4. The Morgan fingerprint density at radius 1 is 1.30 bits per heavy atom. The molecule has 0 aromatic carbocycles. The third kappa shape index (κ3) is 3.22. The smallest absolute Gasteiger partial charge is 0.261 e. The topological polar surface area (TPSA) is 35.6 Å². The highest BCUT2D eigenvalue weighted by atomic mass is 32.1. The summed E-state index contributed by atoms with van der Waals surface area (Å²) in [6.07, 6.45) is 3.57. The lowest BCUT2D eigenvalue weighted by atomic mass is 10.2. The highest BCUT2D eigenvalue weighted by Crippen LogP contribution is 2.30. The second-order valence-electron chi connectivity index (χ2n) is 5.81. The normalized spacial score (nSPS) is 20.1.